The molecular weight excluding hydrogens is 285 g/mol. The minimum Gasteiger partial charge on any atom is -0.375 e. The molecule has 0 bridgehead atoms. The lowest BCUT2D eigenvalue weighted by molar-refractivity contribution is -0.0803. The number of rotatable bonds is 10. The highest BCUT2D eigenvalue weighted by Gasteiger charge is 2.39. The van der Waals surface area contributed by atoms with Crippen molar-refractivity contribution in [2.75, 3.05) is 0 Å². The van der Waals surface area contributed by atoms with Gasteiger partial charge in [-0.2, -0.15) is 0 Å². The van der Waals surface area contributed by atoms with Gasteiger partial charge in [-0.15, -0.1) is 0 Å². The molecule has 0 aliphatic heterocycles. The van der Waals surface area contributed by atoms with Crippen molar-refractivity contribution in [1.82, 2.24) is 0 Å². The van der Waals surface area contributed by atoms with Crippen LogP contribution < -0.4 is 0 Å². The van der Waals surface area contributed by atoms with Gasteiger partial charge in [0.15, 0.2) is 0 Å². The molecule has 0 aromatic carbocycles. The van der Waals surface area contributed by atoms with Gasteiger partial charge in [0, 0.05) is 0 Å². The standard InChI is InChI=1S/C19H39B2FO/c1-13(2)20-14(3)17(6,7)12-18(8,9)15(4)23-16(5)19(10,11)21-22/h13-16H,12H2,1-11H3. The predicted molar refractivity (Wildman–Crippen MR) is 103 cm³/mol. The Hall–Kier alpha value is 0.0199. The Morgan fingerprint density at radius 2 is 1.30 bits per heavy atom. The lowest BCUT2D eigenvalue weighted by atomic mass is 9.47. The number of halogens is 1. The summed E-state index contributed by atoms with van der Waals surface area (Å²) in [7, 11) is 3.19. The summed E-state index contributed by atoms with van der Waals surface area (Å²) in [5.41, 5.74) is 0.236. The molecule has 4 heteroatoms. The lowest BCUT2D eigenvalue weighted by Crippen LogP contribution is -2.40. The predicted octanol–water partition coefficient (Wildman–Crippen LogP) is 6.35. The second-order valence-electron chi connectivity index (χ2n) is 9.73. The van der Waals surface area contributed by atoms with Crippen LogP contribution in [-0.2, 0) is 4.74 Å². The summed E-state index contributed by atoms with van der Waals surface area (Å²) in [4.78, 5) is 0. The van der Waals surface area contributed by atoms with Crippen LogP contribution in [0.4, 0.5) is 4.32 Å². The van der Waals surface area contributed by atoms with Crippen LogP contribution in [0.5, 0.6) is 0 Å². The van der Waals surface area contributed by atoms with Gasteiger partial charge in [-0.05, 0) is 36.4 Å². The number of hydrogen-bond acceptors (Lipinski definition) is 1. The fourth-order valence-corrected chi connectivity index (χ4v) is 3.07. The molecule has 0 N–H and O–H groups in total. The van der Waals surface area contributed by atoms with Gasteiger partial charge in [0.25, 0.3) is 0 Å². The van der Waals surface area contributed by atoms with E-state index in [1.54, 1.807) is 0 Å². The van der Waals surface area contributed by atoms with Crippen molar-refractivity contribution in [3.8, 4) is 0 Å². The zero-order valence-electron chi connectivity index (χ0n) is 17.5. The number of hydrogen-bond donors (Lipinski definition) is 0. The van der Waals surface area contributed by atoms with Crippen LogP contribution in [-0.4, -0.2) is 27.0 Å². The smallest absolute Gasteiger partial charge is 0.363 e. The van der Waals surface area contributed by atoms with E-state index in [2.05, 4.69) is 62.7 Å². The van der Waals surface area contributed by atoms with Gasteiger partial charge >= 0.3 is 7.56 Å². The van der Waals surface area contributed by atoms with Crippen molar-refractivity contribution in [2.24, 2.45) is 10.8 Å². The van der Waals surface area contributed by atoms with Crippen LogP contribution in [0.2, 0.25) is 16.9 Å². The Bertz CT molecular complexity index is 353. The van der Waals surface area contributed by atoms with Gasteiger partial charge in [-0.25, -0.2) is 0 Å². The summed E-state index contributed by atoms with van der Waals surface area (Å²) in [6, 6.07) is 0. The Balaban J connectivity index is 4.90. The van der Waals surface area contributed by atoms with Crippen molar-refractivity contribution in [3.05, 3.63) is 0 Å². The Morgan fingerprint density at radius 1 is 0.826 bits per heavy atom. The van der Waals surface area contributed by atoms with Crippen molar-refractivity contribution < 1.29 is 9.05 Å². The zero-order valence-corrected chi connectivity index (χ0v) is 17.5. The first-order valence-corrected chi connectivity index (χ1v) is 9.10. The summed E-state index contributed by atoms with van der Waals surface area (Å²) in [5, 5.41) is -0.557. The van der Waals surface area contributed by atoms with Gasteiger partial charge in [-0.1, -0.05) is 73.9 Å². The minimum atomic E-state index is -0.557. The molecule has 134 valence electrons. The monoisotopic (exact) mass is 324 g/mol. The van der Waals surface area contributed by atoms with Crippen LogP contribution in [0.15, 0.2) is 0 Å². The molecule has 0 aromatic heterocycles. The van der Waals surface area contributed by atoms with Crippen LogP contribution in [0.3, 0.4) is 0 Å². The van der Waals surface area contributed by atoms with E-state index < -0.39 is 5.31 Å². The Labute approximate surface area is 147 Å². The highest BCUT2D eigenvalue weighted by Crippen LogP contribution is 2.45. The SMILES string of the molecule is CC(C)[B]C(C)C(C)(C)CC(C)(C)C(C)OC(C)C(C)(C)[B]F. The van der Waals surface area contributed by atoms with E-state index in [0.717, 1.165) is 14.0 Å². The van der Waals surface area contributed by atoms with E-state index in [4.69, 9.17) is 4.74 Å². The van der Waals surface area contributed by atoms with Crippen LogP contribution in [0.25, 0.3) is 0 Å². The van der Waals surface area contributed by atoms with Gasteiger partial charge in [0.1, 0.15) is 7.28 Å². The first-order chi connectivity index (χ1) is 10.2. The van der Waals surface area contributed by atoms with E-state index in [1.807, 2.05) is 20.8 Å². The molecule has 23 heavy (non-hydrogen) atoms. The average molecular weight is 324 g/mol. The molecule has 0 fully saturated rings. The highest BCUT2D eigenvalue weighted by molar-refractivity contribution is 6.39. The maximum Gasteiger partial charge on any atom is 0.363 e. The molecule has 0 saturated carbocycles. The van der Waals surface area contributed by atoms with E-state index in [9.17, 15) is 4.32 Å². The van der Waals surface area contributed by atoms with Crippen molar-refractivity contribution >= 4 is 14.8 Å². The Morgan fingerprint density at radius 3 is 1.70 bits per heavy atom. The van der Waals surface area contributed by atoms with Crippen molar-refractivity contribution in [1.29, 1.82) is 0 Å². The molecule has 0 saturated heterocycles. The fraction of sp³-hybridized carbons (Fsp3) is 1.00. The molecule has 0 aliphatic rings. The largest absolute Gasteiger partial charge is 0.375 e. The van der Waals surface area contributed by atoms with Gasteiger partial charge in [0.2, 0.25) is 0 Å². The fourth-order valence-electron chi connectivity index (χ4n) is 3.07. The molecular formula is C19H39B2FO. The second kappa shape index (κ2) is 8.41. The van der Waals surface area contributed by atoms with Gasteiger partial charge in [-0.3, -0.25) is 0 Å². The zero-order chi connectivity index (χ0) is 18.6. The third kappa shape index (κ3) is 7.20. The third-order valence-electron chi connectivity index (χ3n) is 5.66. The molecule has 0 aromatic rings. The van der Waals surface area contributed by atoms with Crippen LogP contribution in [0, 0.1) is 10.8 Å². The summed E-state index contributed by atoms with van der Waals surface area (Å²) in [5.74, 6) is 1.14. The quantitative estimate of drug-likeness (QED) is 0.425. The van der Waals surface area contributed by atoms with Crippen LogP contribution in [0.1, 0.15) is 82.6 Å². The average Bonchev–Trinajstić information content (AvgIpc) is 2.36. The molecule has 0 heterocycles. The van der Waals surface area contributed by atoms with Crippen molar-refractivity contribution in [2.45, 2.75) is 112 Å². The third-order valence-corrected chi connectivity index (χ3v) is 5.66. The van der Waals surface area contributed by atoms with E-state index in [-0.39, 0.29) is 23.0 Å². The molecule has 3 atom stereocenters. The summed E-state index contributed by atoms with van der Waals surface area (Å²) in [6.45, 7) is 23.8. The first-order valence-electron chi connectivity index (χ1n) is 9.10. The van der Waals surface area contributed by atoms with Crippen LogP contribution >= 0.6 is 0 Å². The number of ether oxygens (including phenoxy) is 1. The lowest BCUT2D eigenvalue weighted by Gasteiger charge is -2.44. The van der Waals surface area contributed by atoms with Crippen molar-refractivity contribution in [3.63, 3.8) is 0 Å². The molecule has 1 nitrogen and oxygen atoms in total. The summed E-state index contributed by atoms with van der Waals surface area (Å²) >= 11 is 0. The topological polar surface area (TPSA) is 9.23 Å². The molecule has 3 unspecified atom stereocenters. The van der Waals surface area contributed by atoms with Gasteiger partial charge in [0.05, 0.1) is 12.2 Å². The summed E-state index contributed by atoms with van der Waals surface area (Å²) in [6.07, 6.45) is 0.990. The normalized spacial score (nSPS) is 17.8. The Kier molecular flexibility index (Phi) is 8.41. The molecule has 0 rings (SSSR count). The summed E-state index contributed by atoms with van der Waals surface area (Å²) < 4.78 is 19.3. The minimum absolute atomic E-state index is 0.0310. The maximum absolute atomic E-state index is 13.1. The molecule has 2 radical (unpaired) electrons. The van der Waals surface area contributed by atoms with E-state index >= 15 is 0 Å². The second-order valence-corrected chi connectivity index (χ2v) is 9.73. The first kappa shape index (κ1) is 23.0. The molecule has 0 spiro atoms. The molecule has 0 aliphatic carbocycles. The van der Waals surface area contributed by atoms with E-state index in [1.165, 1.54) is 0 Å². The highest BCUT2D eigenvalue weighted by atomic mass is 19.1. The van der Waals surface area contributed by atoms with Gasteiger partial charge < -0.3 is 9.05 Å². The van der Waals surface area contributed by atoms with E-state index in [0.29, 0.717) is 11.6 Å². The molecule has 0 amide bonds. The maximum atomic E-state index is 13.1.